The van der Waals surface area contributed by atoms with Crippen LogP contribution in [0.1, 0.15) is 47.9 Å². The van der Waals surface area contributed by atoms with E-state index in [1.54, 1.807) is 13.3 Å². The minimum Gasteiger partial charge on any atom is -0.475 e. The fourth-order valence-electron chi connectivity index (χ4n) is 5.59. The third kappa shape index (κ3) is 4.39. The van der Waals surface area contributed by atoms with Gasteiger partial charge in [0.15, 0.2) is 0 Å². The average molecular weight is 487 g/mol. The van der Waals surface area contributed by atoms with Crippen molar-refractivity contribution in [3.8, 4) is 5.88 Å². The van der Waals surface area contributed by atoms with Crippen LogP contribution in [0.3, 0.4) is 0 Å². The molecule has 1 fully saturated rings. The van der Waals surface area contributed by atoms with Gasteiger partial charge in [-0.25, -0.2) is 9.48 Å². The molecule has 0 bridgehead atoms. The lowest BCUT2D eigenvalue weighted by Gasteiger charge is -2.44. The number of primary amides is 1. The van der Waals surface area contributed by atoms with Gasteiger partial charge >= 0.3 is 6.03 Å². The summed E-state index contributed by atoms with van der Waals surface area (Å²) >= 11 is 1.18. The van der Waals surface area contributed by atoms with Gasteiger partial charge in [-0.15, -0.1) is 0 Å². The Kier molecular flexibility index (Phi) is 6.74. The minimum atomic E-state index is -0.438. The number of hydrogen-bond acceptors (Lipinski definition) is 7. The van der Waals surface area contributed by atoms with Crippen molar-refractivity contribution in [3.63, 3.8) is 0 Å². The summed E-state index contributed by atoms with van der Waals surface area (Å²) in [5, 5.41) is 12.7. The van der Waals surface area contributed by atoms with Gasteiger partial charge in [0.05, 0.1) is 24.9 Å². The van der Waals surface area contributed by atoms with Gasteiger partial charge < -0.3 is 20.5 Å². The summed E-state index contributed by atoms with van der Waals surface area (Å²) in [6, 6.07) is 2.32. The number of nitrogens with zero attached hydrogens (tertiary/aromatic N) is 3. The second kappa shape index (κ2) is 9.77. The van der Waals surface area contributed by atoms with Crippen molar-refractivity contribution in [1.82, 2.24) is 14.7 Å². The van der Waals surface area contributed by atoms with Crippen LogP contribution in [0.2, 0.25) is 0 Å². The van der Waals surface area contributed by atoms with E-state index >= 15 is 0 Å². The summed E-state index contributed by atoms with van der Waals surface area (Å²) in [6.45, 7) is 5.81. The van der Waals surface area contributed by atoms with Crippen LogP contribution in [-0.2, 0) is 30.5 Å². The Morgan fingerprint density at radius 3 is 2.82 bits per heavy atom. The van der Waals surface area contributed by atoms with Crippen LogP contribution >= 0.6 is 11.9 Å². The van der Waals surface area contributed by atoms with Crippen LogP contribution in [0, 0.1) is 0 Å². The van der Waals surface area contributed by atoms with E-state index in [0.29, 0.717) is 24.7 Å². The summed E-state index contributed by atoms with van der Waals surface area (Å²) in [6.07, 6.45) is 7.81. The largest absolute Gasteiger partial charge is 0.475 e. The number of likely N-dealkylation sites (tertiary alicyclic amines) is 1. The summed E-state index contributed by atoms with van der Waals surface area (Å²) in [7, 11) is 1.76. The summed E-state index contributed by atoms with van der Waals surface area (Å²) in [5.74, 6) is 1.42. The Labute approximate surface area is 204 Å². The number of aromatic nitrogens is 2. The predicted molar refractivity (Wildman–Crippen MR) is 132 cm³/mol. The van der Waals surface area contributed by atoms with Crippen molar-refractivity contribution >= 4 is 23.7 Å². The van der Waals surface area contributed by atoms with Crippen LogP contribution in [0.15, 0.2) is 17.2 Å². The second-order valence-electron chi connectivity index (χ2n) is 9.63. The SMILES string of the molecule is CC1CCc2c1cc1c(c2NC(N)=O)CCC1.COC1CN(C2COc3c(SN)cnn3C2)C1. The zero-order valence-corrected chi connectivity index (χ0v) is 20.7. The molecule has 10 heteroatoms. The van der Waals surface area contributed by atoms with E-state index in [2.05, 4.69) is 28.3 Å². The number of rotatable bonds is 4. The highest BCUT2D eigenvalue weighted by Crippen LogP contribution is 2.43. The zero-order chi connectivity index (χ0) is 23.8. The molecule has 4 aliphatic rings. The van der Waals surface area contributed by atoms with Crippen molar-refractivity contribution in [3.05, 3.63) is 34.5 Å². The van der Waals surface area contributed by atoms with Gasteiger partial charge in [-0.2, -0.15) is 5.10 Å². The number of benzene rings is 1. The van der Waals surface area contributed by atoms with E-state index in [0.717, 1.165) is 55.4 Å². The fraction of sp³-hybridized carbons (Fsp3) is 0.583. The first-order valence-corrected chi connectivity index (χ1v) is 12.9. The zero-order valence-electron chi connectivity index (χ0n) is 19.9. The topological polar surface area (TPSA) is 121 Å². The van der Waals surface area contributed by atoms with Gasteiger partial charge in [0, 0.05) is 25.9 Å². The number of methoxy groups -OCH3 is 1. The highest BCUT2D eigenvalue weighted by molar-refractivity contribution is 7.97. The van der Waals surface area contributed by atoms with Crippen molar-refractivity contribution < 1.29 is 14.3 Å². The number of fused-ring (bicyclic) bond motifs is 3. The van der Waals surface area contributed by atoms with E-state index < -0.39 is 6.03 Å². The molecule has 34 heavy (non-hydrogen) atoms. The lowest BCUT2D eigenvalue weighted by atomic mass is 9.96. The number of anilines is 1. The predicted octanol–water partition coefficient (Wildman–Crippen LogP) is 2.66. The van der Waals surface area contributed by atoms with Gasteiger partial charge in [-0.3, -0.25) is 10.0 Å². The number of aryl methyl sites for hydroxylation is 1. The van der Waals surface area contributed by atoms with Crippen LogP contribution in [0.4, 0.5) is 10.5 Å². The summed E-state index contributed by atoms with van der Waals surface area (Å²) in [4.78, 5) is 14.4. The van der Waals surface area contributed by atoms with Gasteiger partial charge in [0.25, 0.3) is 0 Å². The molecule has 0 radical (unpaired) electrons. The minimum absolute atomic E-state index is 0.379. The molecule has 5 N–H and O–H groups in total. The Morgan fingerprint density at radius 2 is 2.09 bits per heavy atom. The van der Waals surface area contributed by atoms with Crippen LogP contribution in [0.5, 0.6) is 5.88 Å². The lowest BCUT2D eigenvalue weighted by Crippen LogP contribution is -2.59. The van der Waals surface area contributed by atoms with E-state index in [4.69, 9.17) is 20.3 Å². The molecule has 2 amide bonds. The molecule has 0 saturated carbocycles. The number of ether oxygens (including phenoxy) is 2. The molecule has 2 aliphatic carbocycles. The quantitative estimate of drug-likeness (QED) is 0.568. The summed E-state index contributed by atoms with van der Waals surface area (Å²) in [5.41, 5.74) is 11.8. The van der Waals surface area contributed by atoms with Crippen LogP contribution in [-0.4, -0.2) is 59.7 Å². The Balaban J connectivity index is 0.000000142. The third-order valence-electron chi connectivity index (χ3n) is 7.56. The van der Waals surface area contributed by atoms with Crippen molar-refractivity contribution in [2.45, 2.75) is 68.5 Å². The number of nitrogens with one attached hydrogen (secondary N) is 1. The number of nitrogens with two attached hydrogens (primary N) is 2. The molecular formula is C24H34N6O3S. The standard InChI is InChI=1S/C14H18N2O.C10H16N4O2S/c1-8-5-6-11-12(8)7-9-3-2-4-10(9)13(11)16-14(15)17;1-15-8-4-13(5-8)7-3-14-10(16-6-7)9(17-11)2-12-14/h7-8H,2-6H2,1H3,(H3,15,16,17);2,7-8H,3-6,11H2,1H3. The molecule has 9 nitrogen and oxygen atoms in total. The molecule has 2 aliphatic heterocycles. The molecule has 1 aromatic heterocycles. The summed E-state index contributed by atoms with van der Waals surface area (Å²) < 4.78 is 12.9. The van der Waals surface area contributed by atoms with E-state index in [-0.39, 0.29) is 0 Å². The van der Waals surface area contributed by atoms with Gasteiger partial charge in [-0.1, -0.05) is 13.0 Å². The molecule has 2 aromatic rings. The molecule has 0 spiro atoms. The monoisotopic (exact) mass is 486 g/mol. The maximum Gasteiger partial charge on any atom is 0.316 e. The van der Waals surface area contributed by atoms with E-state index in [1.165, 1.54) is 47.0 Å². The van der Waals surface area contributed by atoms with Crippen LogP contribution in [0.25, 0.3) is 0 Å². The van der Waals surface area contributed by atoms with Gasteiger partial charge in [-0.05, 0) is 72.2 Å². The number of hydrogen-bond donors (Lipinski definition) is 3. The number of urea groups is 1. The Morgan fingerprint density at radius 1 is 1.26 bits per heavy atom. The molecule has 3 heterocycles. The maximum atomic E-state index is 11.2. The molecule has 184 valence electrons. The van der Waals surface area contributed by atoms with Crippen molar-refractivity contribution in [2.24, 2.45) is 10.9 Å². The van der Waals surface area contributed by atoms with Crippen LogP contribution < -0.4 is 20.9 Å². The molecule has 1 aromatic carbocycles. The maximum absolute atomic E-state index is 11.2. The van der Waals surface area contributed by atoms with Gasteiger partial charge in [0.1, 0.15) is 11.5 Å². The first-order valence-electron chi connectivity index (χ1n) is 12.0. The van der Waals surface area contributed by atoms with Crippen molar-refractivity contribution in [2.75, 3.05) is 32.1 Å². The highest BCUT2D eigenvalue weighted by Gasteiger charge is 2.36. The normalized spacial score (nSPS) is 23.1. The molecular weight excluding hydrogens is 452 g/mol. The average Bonchev–Trinajstić information content (AvgIpc) is 3.52. The van der Waals surface area contributed by atoms with E-state index in [9.17, 15) is 4.79 Å². The van der Waals surface area contributed by atoms with E-state index in [1.807, 2.05) is 4.68 Å². The number of carbonyl (C=O) groups is 1. The fourth-order valence-corrected chi connectivity index (χ4v) is 5.96. The molecule has 2 unspecified atom stereocenters. The number of amides is 2. The Bertz CT molecular complexity index is 1070. The smallest absolute Gasteiger partial charge is 0.316 e. The van der Waals surface area contributed by atoms with Crippen molar-refractivity contribution in [1.29, 1.82) is 0 Å². The Hall–Kier alpha value is -2.27. The van der Waals surface area contributed by atoms with Gasteiger partial charge in [0.2, 0.25) is 5.88 Å². The third-order valence-corrected chi connectivity index (χ3v) is 8.09. The molecule has 1 saturated heterocycles. The molecule has 2 atom stereocenters. The first kappa shape index (κ1) is 23.5. The lowest BCUT2D eigenvalue weighted by molar-refractivity contribution is -0.0686. The highest BCUT2D eigenvalue weighted by atomic mass is 32.2. The number of carbonyl (C=O) groups excluding carboxylic acids is 1. The molecule has 6 rings (SSSR count). The first-order chi connectivity index (χ1) is 16.5. The second-order valence-corrected chi connectivity index (χ2v) is 10.3.